The molecule has 1 saturated carbocycles. The minimum absolute atomic E-state index is 0.127. The zero-order valence-electron chi connectivity index (χ0n) is 20.5. The number of nitrogens with zero attached hydrogens (tertiary/aromatic N) is 2. The van der Waals surface area contributed by atoms with Gasteiger partial charge in [0.2, 0.25) is 5.91 Å². The molecule has 0 N–H and O–H groups in total. The fourth-order valence-corrected chi connectivity index (χ4v) is 6.41. The Hall–Kier alpha value is -2.73. The van der Waals surface area contributed by atoms with Crippen molar-refractivity contribution in [3.05, 3.63) is 71.5 Å². The maximum Gasteiger partial charge on any atom is 0.316 e. The van der Waals surface area contributed by atoms with Crippen LogP contribution >= 0.6 is 0 Å². The molecule has 2 aromatic carbocycles. The number of amides is 1. The SMILES string of the molecule is COC(=O)C1(c2ccc(F)cc2)CC1CN1CCC(C(=O)N2CCCCC2)(c2ccccc2)CC1. The first kappa shape index (κ1) is 24.0. The van der Waals surface area contributed by atoms with E-state index in [1.165, 1.54) is 25.7 Å². The molecule has 2 atom stereocenters. The van der Waals surface area contributed by atoms with Crippen LogP contribution in [0.15, 0.2) is 54.6 Å². The van der Waals surface area contributed by atoms with E-state index in [-0.39, 0.29) is 23.6 Å². The number of ether oxygens (including phenoxy) is 1. The summed E-state index contributed by atoms with van der Waals surface area (Å²) in [7, 11) is 1.42. The Morgan fingerprint density at radius 1 is 0.914 bits per heavy atom. The minimum Gasteiger partial charge on any atom is -0.468 e. The first-order valence-corrected chi connectivity index (χ1v) is 12.9. The molecule has 2 unspecified atom stereocenters. The number of rotatable bonds is 6. The topological polar surface area (TPSA) is 49.9 Å². The summed E-state index contributed by atoms with van der Waals surface area (Å²) in [5.41, 5.74) is 0.776. The molecule has 1 amide bonds. The molecule has 5 nitrogen and oxygen atoms in total. The zero-order valence-corrected chi connectivity index (χ0v) is 20.5. The fourth-order valence-electron chi connectivity index (χ4n) is 6.41. The summed E-state index contributed by atoms with van der Waals surface area (Å²) in [6.07, 6.45) is 5.64. The number of benzene rings is 2. The van der Waals surface area contributed by atoms with Crippen LogP contribution in [0.25, 0.3) is 0 Å². The Balaban J connectivity index is 1.31. The Morgan fingerprint density at radius 2 is 1.57 bits per heavy atom. The second-order valence-electron chi connectivity index (χ2n) is 10.5. The second kappa shape index (κ2) is 9.73. The third-order valence-electron chi connectivity index (χ3n) is 8.58. The van der Waals surface area contributed by atoms with Crippen LogP contribution in [-0.2, 0) is 25.2 Å². The van der Waals surface area contributed by atoms with Gasteiger partial charge >= 0.3 is 5.97 Å². The van der Waals surface area contributed by atoms with E-state index < -0.39 is 10.8 Å². The van der Waals surface area contributed by atoms with E-state index in [1.807, 2.05) is 18.2 Å². The summed E-state index contributed by atoms with van der Waals surface area (Å²) >= 11 is 0. The largest absolute Gasteiger partial charge is 0.468 e. The van der Waals surface area contributed by atoms with Crippen molar-refractivity contribution in [3.8, 4) is 0 Å². The van der Waals surface area contributed by atoms with Gasteiger partial charge < -0.3 is 14.5 Å². The number of carbonyl (C=O) groups excluding carboxylic acids is 2. The van der Waals surface area contributed by atoms with Crippen molar-refractivity contribution in [2.75, 3.05) is 39.8 Å². The van der Waals surface area contributed by atoms with Gasteiger partial charge in [-0.25, -0.2) is 4.39 Å². The van der Waals surface area contributed by atoms with Gasteiger partial charge in [-0.2, -0.15) is 0 Å². The van der Waals surface area contributed by atoms with Crippen molar-refractivity contribution >= 4 is 11.9 Å². The molecule has 6 heteroatoms. The molecule has 2 heterocycles. The average Bonchev–Trinajstić information content (AvgIpc) is 3.64. The molecule has 35 heavy (non-hydrogen) atoms. The predicted molar refractivity (Wildman–Crippen MR) is 132 cm³/mol. The molecular formula is C29H35FN2O3. The van der Waals surface area contributed by atoms with Crippen molar-refractivity contribution in [1.29, 1.82) is 0 Å². The summed E-state index contributed by atoms with van der Waals surface area (Å²) in [5.74, 6) is -0.144. The molecule has 1 aliphatic carbocycles. The lowest BCUT2D eigenvalue weighted by atomic mass is 9.71. The fraction of sp³-hybridized carbons (Fsp3) is 0.517. The zero-order chi connectivity index (χ0) is 24.5. The highest BCUT2D eigenvalue weighted by Gasteiger charge is 2.62. The molecule has 0 bridgehead atoms. The molecule has 5 rings (SSSR count). The van der Waals surface area contributed by atoms with Crippen LogP contribution in [-0.4, -0.2) is 61.5 Å². The predicted octanol–water partition coefficient (Wildman–Crippen LogP) is 4.30. The molecule has 0 radical (unpaired) electrons. The van der Waals surface area contributed by atoms with Gasteiger partial charge in [-0.1, -0.05) is 42.5 Å². The van der Waals surface area contributed by atoms with E-state index in [0.29, 0.717) is 6.42 Å². The smallest absolute Gasteiger partial charge is 0.316 e. The number of esters is 1. The van der Waals surface area contributed by atoms with Gasteiger partial charge in [0.1, 0.15) is 5.82 Å². The van der Waals surface area contributed by atoms with Crippen molar-refractivity contribution in [2.45, 2.75) is 49.4 Å². The van der Waals surface area contributed by atoms with Crippen LogP contribution in [0.5, 0.6) is 0 Å². The van der Waals surface area contributed by atoms with Crippen LogP contribution in [0.1, 0.15) is 49.7 Å². The van der Waals surface area contributed by atoms with Gasteiger partial charge in [0.05, 0.1) is 17.9 Å². The van der Waals surface area contributed by atoms with E-state index in [9.17, 15) is 14.0 Å². The Morgan fingerprint density at radius 3 is 2.20 bits per heavy atom. The molecule has 3 fully saturated rings. The van der Waals surface area contributed by atoms with Crippen molar-refractivity contribution in [3.63, 3.8) is 0 Å². The molecule has 2 saturated heterocycles. The van der Waals surface area contributed by atoms with E-state index in [0.717, 1.165) is 69.5 Å². The van der Waals surface area contributed by atoms with Crippen LogP contribution in [0, 0.1) is 11.7 Å². The highest BCUT2D eigenvalue weighted by atomic mass is 19.1. The number of piperidine rings is 2. The molecular weight excluding hydrogens is 443 g/mol. The van der Waals surface area contributed by atoms with Crippen LogP contribution in [0.4, 0.5) is 4.39 Å². The summed E-state index contributed by atoms with van der Waals surface area (Å²) in [5, 5.41) is 0. The van der Waals surface area contributed by atoms with E-state index >= 15 is 0 Å². The first-order chi connectivity index (χ1) is 17.0. The Bertz CT molecular complexity index is 1040. The van der Waals surface area contributed by atoms with Crippen LogP contribution in [0.2, 0.25) is 0 Å². The van der Waals surface area contributed by atoms with Gasteiger partial charge in [0.15, 0.2) is 0 Å². The number of likely N-dealkylation sites (tertiary alicyclic amines) is 2. The lowest BCUT2D eigenvalue weighted by molar-refractivity contribution is -0.144. The van der Waals surface area contributed by atoms with Gasteiger partial charge in [-0.15, -0.1) is 0 Å². The summed E-state index contributed by atoms with van der Waals surface area (Å²) in [6, 6.07) is 16.5. The quantitative estimate of drug-likeness (QED) is 0.581. The Labute approximate surface area is 207 Å². The van der Waals surface area contributed by atoms with Crippen LogP contribution < -0.4 is 0 Å². The van der Waals surface area contributed by atoms with Gasteiger partial charge in [0, 0.05) is 19.6 Å². The molecule has 2 aromatic rings. The minimum atomic E-state index is -0.694. The molecule has 0 spiro atoms. The number of methoxy groups -OCH3 is 1. The summed E-state index contributed by atoms with van der Waals surface area (Å²) < 4.78 is 18.7. The maximum absolute atomic E-state index is 13.9. The van der Waals surface area contributed by atoms with Gasteiger partial charge in [-0.3, -0.25) is 9.59 Å². The number of carbonyl (C=O) groups is 2. The second-order valence-corrected chi connectivity index (χ2v) is 10.5. The summed E-state index contributed by atoms with van der Waals surface area (Å²) in [6.45, 7) is 4.11. The van der Waals surface area contributed by atoms with Crippen molar-refractivity contribution in [1.82, 2.24) is 9.80 Å². The summed E-state index contributed by atoms with van der Waals surface area (Å²) in [4.78, 5) is 31.2. The van der Waals surface area contributed by atoms with Crippen molar-refractivity contribution in [2.24, 2.45) is 5.92 Å². The van der Waals surface area contributed by atoms with Crippen LogP contribution in [0.3, 0.4) is 0 Å². The van der Waals surface area contributed by atoms with E-state index in [2.05, 4.69) is 21.9 Å². The number of hydrogen-bond acceptors (Lipinski definition) is 4. The van der Waals surface area contributed by atoms with E-state index in [1.54, 1.807) is 12.1 Å². The lowest BCUT2D eigenvalue weighted by Gasteiger charge is -2.44. The number of halogens is 1. The van der Waals surface area contributed by atoms with E-state index in [4.69, 9.17) is 4.74 Å². The average molecular weight is 479 g/mol. The monoisotopic (exact) mass is 478 g/mol. The highest BCUT2D eigenvalue weighted by Crippen LogP contribution is 2.56. The third kappa shape index (κ3) is 4.37. The van der Waals surface area contributed by atoms with Gasteiger partial charge in [-0.05, 0) is 80.8 Å². The lowest BCUT2D eigenvalue weighted by Crippen LogP contribution is -2.54. The molecule has 186 valence electrons. The van der Waals surface area contributed by atoms with Crippen molar-refractivity contribution < 1.29 is 18.7 Å². The molecule has 0 aromatic heterocycles. The standard InChI is InChI=1S/C29H35FN2O3/c1-35-27(34)29(23-10-12-25(30)13-11-23)20-24(29)21-31-18-14-28(15-19-31,22-8-4-2-5-9-22)26(33)32-16-6-3-7-17-32/h2,4-5,8-13,24H,3,6-7,14-21H2,1H3. The first-order valence-electron chi connectivity index (χ1n) is 12.9. The third-order valence-corrected chi connectivity index (χ3v) is 8.58. The Kier molecular flexibility index (Phi) is 6.67. The highest BCUT2D eigenvalue weighted by molar-refractivity contribution is 5.89. The maximum atomic E-state index is 13.9. The molecule has 2 aliphatic heterocycles. The van der Waals surface area contributed by atoms with Gasteiger partial charge in [0.25, 0.3) is 0 Å². The molecule has 3 aliphatic rings. The number of hydrogen-bond donors (Lipinski definition) is 0. The normalized spacial score (nSPS) is 26.2.